The second kappa shape index (κ2) is 3.21. The van der Waals surface area contributed by atoms with Crippen LogP contribution in [0.25, 0.3) is 0 Å². The molecular weight excluding hydrogens is 180 g/mol. The number of fused-ring (bicyclic) bond motifs is 1. The Kier molecular flexibility index (Phi) is 2.27. The van der Waals surface area contributed by atoms with Crippen molar-refractivity contribution in [3.8, 4) is 0 Å². The fraction of sp³-hybridized carbons (Fsp3) is 0.900. The normalized spacial score (nSPS) is 35.2. The van der Waals surface area contributed by atoms with Gasteiger partial charge in [-0.2, -0.15) is 0 Å². The summed E-state index contributed by atoms with van der Waals surface area (Å²) >= 11 is 0. The predicted octanol–water partition coefficient (Wildman–Crippen LogP) is -0.255. The third-order valence-electron chi connectivity index (χ3n) is 3.45. The summed E-state index contributed by atoms with van der Waals surface area (Å²) in [6.45, 7) is 5.67. The first-order valence-electron chi connectivity index (χ1n) is 5.13. The van der Waals surface area contributed by atoms with Gasteiger partial charge in [0.1, 0.15) is 5.60 Å². The topological polar surface area (TPSA) is 50.4 Å². The Labute approximate surface area is 84.4 Å². The lowest BCUT2D eigenvalue weighted by molar-refractivity contribution is -0.139. The van der Waals surface area contributed by atoms with Crippen molar-refractivity contribution < 1.29 is 9.53 Å². The third kappa shape index (κ3) is 1.53. The molecule has 1 amide bonds. The van der Waals surface area contributed by atoms with Gasteiger partial charge in [-0.1, -0.05) is 0 Å². The van der Waals surface area contributed by atoms with Gasteiger partial charge in [-0.05, 0) is 25.7 Å². The van der Waals surface area contributed by atoms with Crippen molar-refractivity contribution in [1.29, 1.82) is 0 Å². The zero-order valence-corrected chi connectivity index (χ0v) is 8.96. The highest BCUT2D eigenvalue weighted by atomic mass is 16.5. The van der Waals surface area contributed by atoms with Gasteiger partial charge in [0, 0.05) is 26.2 Å². The molecule has 2 rings (SSSR count). The molecule has 2 unspecified atom stereocenters. The van der Waals surface area contributed by atoms with Crippen LogP contribution in [0.5, 0.6) is 0 Å². The van der Waals surface area contributed by atoms with Crippen molar-refractivity contribution in [2.75, 3.05) is 20.2 Å². The first-order chi connectivity index (χ1) is 6.56. The molecule has 4 nitrogen and oxygen atoms in total. The zero-order valence-electron chi connectivity index (χ0n) is 8.96. The van der Waals surface area contributed by atoms with E-state index in [0.29, 0.717) is 17.9 Å². The summed E-state index contributed by atoms with van der Waals surface area (Å²) in [5.74, 6) is 1.32. The number of piperidine rings is 1. The van der Waals surface area contributed by atoms with Gasteiger partial charge >= 0.3 is 0 Å². The molecule has 0 radical (unpaired) electrons. The largest absolute Gasteiger partial charge is 0.369 e. The predicted molar refractivity (Wildman–Crippen MR) is 52.9 cm³/mol. The molecule has 0 aromatic carbocycles. The Hall–Kier alpha value is -0.610. The molecule has 14 heavy (non-hydrogen) atoms. The fourth-order valence-corrected chi connectivity index (χ4v) is 2.05. The summed E-state index contributed by atoms with van der Waals surface area (Å²) < 4.78 is 5.12. The number of hydrogen-bond donors (Lipinski definition) is 2. The van der Waals surface area contributed by atoms with E-state index in [1.165, 1.54) is 0 Å². The van der Waals surface area contributed by atoms with E-state index < -0.39 is 5.60 Å². The van der Waals surface area contributed by atoms with Crippen molar-refractivity contribution in [2.45, 2.75) is 25.5 Å². The fourth-order valence-electron chi connectivity index (χ4n) is 2.05. The van der Waals surface area contributed by atoms with E-state index in [0.717, 1.165) is 13.1 Å². The van der Waals surface area contributed by atoms with E-state index in [-0.39, 0.29) is 5.91 Å². The van der Waals surface area contributed by atoms with Crippen LogP contribution in [0.1, 0.15) is 13.8 Å². The number of nitrogens with one attached hydrogen (secondary N) is 2. The smallest absolute Gasteiger partial charge is 0.251 e. The number of ether oxygens (including phenoxy) is 1. The molecule has 1 aliphatic heterocycles. The quantitative estimate of drug-likeness (QED) is 0.657. The maximum atomic E-state index is 11.7. The van der Waals surface area contributed by atoms with Gasteiger partial charge < -0.3 is 15.4 Å². The molecule has 1 saturated carbocycles. The van der Waals surface area contributed by atoms with Crippen LogP contribution in [-0.4, -0.2) is 37.7 Å². The van der Waals surface area contributed by atoms with Gasteiger partial charge in [0.15, 0.2) is 0 Å². The average Bonchev–Trinajstić information content (AvgIpc) is 2.64. The van der Waals surface area contributed by atoms with Gasteiger partial charge in [-0.15, -0.1) is 0 Å². The van der Waals surface area contributed by atoms with E-state index >= 15 is 0 Å². The monoisotopic (exact) mass is 198 g/mol. The number of rotatable bonds is 3. The van der Waals surface area contributed by atoms with Crippen LogP contribution in [0.4, 0.5) is 0 Å². The van der Waals surface area contributed by atoms with Crippen molar-refractivity contribution in [3.63, 3.8) is 0 Å². The van der Waals surface area contributed by atoms with Crippen molar-refractivity contribution in [1.82, 2.24) is 10.6 Å². The van der Waals surface area contributed by atoms with Crippen LogP contribution in [0.15, 0.2) is 0 Å². The molecule has 2 aliphatic rings. The summed E-state index contributed by atoms with van der Waals surface area (Å²) in [5.41, 5.74) is -0.704. The molecule has 80 valence electrons. The Morgan fingerprint density at radius 3 is 2.50 bits per heavy atom. The van der Waals surface area contributed by atoms with Crippen LogP contribution < -0.4 is 10.6 Å². The minimum atomic E-state index is -0.704. The Balaban J connectivity index is 1.84. The minimum Gasteiger partial charge on any atom is -0.369 e. The highest BCUT2D eigenvalue weighted by molar-refractivity contribution is 5.84. The maximum absolute atomic E-state index is 11.7. The van der Waals surface area contributed by atoms with Gasteiger partial charge in [-0.25, -0.2) is 0 Å². The van der Waals surface area contributed by atoms with Crippen molar-refractivity contribution >= 4 is 5.91 Å². The minimum absolute atomic E-state index is 0.000556. The van der Waals surface area contributed by atoms with E-state index in [4.69, 9.17) is 4.74 Å². The summed E-state index contributed by atoms with van der Waals surface area (Å²) in [7, 11) is 1.56. The van der Waals surface area contributed by atoms with Crippen LogP contribution in [-0.2, 0) is 9.53 Å². The van der Waals surface area contributed by atoms with Crippen LogP contribution in [0.3, 0.4) is 0 Å². The number of carbonyl (C=O) groups is 1. The summed E-state index contributed by atoms with van der Waals surface area (Å²) in [4.78, 5) is 11.7. The van der Waals surface area contributed by atoms with Gasteiger partial charge in [0.05, 0.1) is 0 Å². The van der Waals surface area contributed by atoms with E-state index in [2.05, 4.69) is 10.6 Å². The van der Waals surface area contributed by atoms with Crippen LogP contribution >= 0.6 is 0 Å². The summed E-state index contributed by atoms with van der Waals surface area (Å²) in [5, 5.41) is 6.34. The first kappa shape index (κ1) is 9.93. The second-order valence-corrected chi connectivity index (χ2v) is 4.70. The standard InChI is InChI=1S/C10H18N2O2/c1-10(2,14-3)9(13)12-8-6-4-11-5-7(6)8/h6-8,11H,4-5H2,1-3H3,(H,12,13). The lowest BCUT2D eigenvalue weighted by atomic mass is 10.1. The number of methoxy groups -OCH3 is 1. The molecule has 1 aliphatic carbocycles. The molecule has 2 fully saturated rings. The third-order valence-corrected chi connectivity index (χ3v) is 3.45. The summed E-state index contributed by atoms with van der Waals surface area (Å²) in [6.07, 6.45) is 0. The number of amides is 1. The van der Waals surface area contributed by atoms with Crippen molar-refractivity contribution in [2.24, 2.45) is 11.8 Å². The molecule has 2 N–H and O–H groups in total. The lowest BCUT2D eigenvalue weighted by Crippen LogP contribution is -2.46. The van der Waals surface area contributed by atoms with Crippen LogP contribution in [0, 0.1) is 11.8 Å². The van der Waals surface area contributed by atoms with Crippen molar-refractivity contribution in [3.05, 3.63) is 0 Å². The highest BCUT2D eigenvalue weighted by Crippen LogP contribution is 2.41. The zero-order chi connectivity index (χ0) is 10.3. The SMILES string of the molecule is COC(C)(C)C(=O)NC1C2CNCC21. The Morgan fingerprint density at radius 2 is 2.00 bits per heavy atom. The molecule has 0 spiro atoms. The van der Waals surface area contributed by atoms with Gasteiger partial charge in [-0.3, -0.25) is 4.79 Å². The highest BCUT2D eigenvalue weighted by Gasteiger charge is 2.54. The van der Waals surface area contributed by atoms with E-state index in [1.807, 2.05) is 0 Å². The van der Waals surface area contributed by atoms with Gasteiger partial charge in [0.25, 0.3) is 5.91 Å². The molecule has 4 heteroatoms. The Bertz CT molecular complexity index is 243. The molecule has 1 saturated heterocycles. The summed E-state index contributed by atoms with van der Waals surface area (Å²) in [6, 6.07) is 0.387. The van der Waals surface area contributed by atoms with E-state index in [1.54, 1.807) is 21.0 Å². The molecule has 0 bridgehead atoms. The maximum Gasteiger partial charge on any atom is 0.251 e. The van der Waals surface area contributed by atoms with Gasteiger partial charge in [0.2, 0.25) is 0 Å². The molecule has 2 atom stereocenters. The number of carbonyl (C=O) groups excluding carboxylic acids is 1. The second-order valence-electron chi connectivity index (χ2n) is 4.70. The Morgan fingerprint density at radius 1 is 1.43 bits per heavy atom. The molecule has 0 aromatic heterocycles. The molecular formula is C10H18N2O2. The first-order valence-corrected chi connectivity index (χ1v) is 5.13. The van der Waals surface area contributed by atoms with E-state index in [9.17, 15) is 4.79 Å². The lowest BCUT2D eigenvalue weighted by Gasteiger charge is -2.22. The van der Waals surface area contributed by atoms with Crippen LogP contribution in [0.2, 0.25) is 0 Å². The number of hydrogen-bond acceptors (Lipinski definition) is 3. The molecule has 0 aromatic rings. The molecule has 1 heterocycles. The average molecular weight is 198 g/mol.